The van der Waals surface area contributed by atoms with Crippen molar-refractivity contribution in [1.82, 2.24) is 5.32 Å². The van der Waals surface area contributed by atoms with Gasteiger partial charge >= 0.3 is 0 Å². The summed E-state index contributed by atoms with van der Waals surface area (Å²) in [7, 11) is 0. The van der Waals surface area contributed by atoms with Crippen LogP contribution in [-0.4, -0.2) is 19.5 Å². The van der Waals surface area contributed by atoms with Crippen LogP contribution in [0.25, 0.3) is 0 Å². The molecule has 1 fully saturated rings. The molecule has 2 rings (SSSR count). The fourth-order valence-corrected chi connectivity index (χ4v) is 2.52. The van der Waals surface area contributed by atoms with Gasteiger partial charge in [0.15, 0.2) is 0 Å². The van der Waals surface area contributed by atoms with Gasteiger partial charge in [0.25, 0.3) is 0 Å². The third kappa shape index (κ3) is 3.77. The molecular weight excluding hydrogens is 220 g/mol. The standard InChI is InChI=1S/C14H19F2N/c15-14(16)10-13-4-2-1-3-12(13)9-11-5-7-17-8-6-11/h1-4,11,14,17H,5-10H2. The second-order valence-electron chi connectivity index (χ2n) is 4.76. The van der Waals surface area contributed by atoms with Gasteiger partial charge in [-0.2, -0.15) is 0 Å². The summed E-state index contributed by atoms with van der Waals surface area (Å²) in [4.78, 5) is 0. The Morgan fingerprint density at radius 1 is 1.12 bits per heavy atom. The van der Waals surface area contributed by atoms with Gasteiger partial charge in [-0.05, 0) is 49.4 Å². The molecule has 0 aromatic heterocycles. The Bertz CT molecular complexity index is 346. The summed E-state index contributed by atoms with van der Waals surface area (Å²) in [5.41, 5.74) is 1.93. The minimum atomic E-state index is -2.25. The first-order valence-corrected chi connectivity index (χ1v) is 6.31. The molecule has 1 aromatic carbocycles. The van der Waals surface area contributed by atoms with Gasteiger partial charge in [0, 0.05) is 6.42 Å². The molecule has 1 nitrogen and oxygen atoms in total. The highest BCUT2D eigenvalue weighted by Crippen LogP contribution is 2.22. The average molecular weight is 239 g/mol. The van der Waals surface area contributed by atoms with Crippen molar-refractivity contribution in [2.45, 2.75) is 32.1 Å². The van der Waals surface area contributed by atoms with Crippen molar-refractivity contribution in [1.29, 1.82) is 0 Å². The zero-order valence-corrected chi connectivity index (χ0v) is 9.96. The number of rotatable bonds is 4. The van der Waals surface area contributed by atoms with Gasteiger partial charge in [0.2, 0.25) is 6.43 Å². The van der Waals surface area contributed by atoms with Crippen molar-refractivity contribution in [3.8, 4) is 0 Å². The molecule has 17 heavy (non-hydrogen) atoms. The van der Waals surface area contributed by atoms with E-state index < -0.39 is 6.43 Å². The maximum atomic E-state index is 12.5. The van der Waals surface area contributed by atoms with Crippen LogP contribution < -0.4 is 5.32 Å². The van der Waals surface area contributed by atoms with Crippen LogP contribution in [0.5, 0.6) is 0 Å². The van der Waals surface area contributed by atoms with Crippen LogP contribution in [0.1, 0.15) is 24.0 Å². The average Bonchev–Trinajstić information content (AvgIpc) is 2.32. The van der Waals surface area contributed by atoms with Crippen LogP contribution in [0.15, 0.2) is 24.3 Å². The first kappa shape index (κ1) is 12.5. The van der Waals surface area contributed by atoms with E-state index in [-0.39, 0.29) is 6.42 Å². The summed E-state index contributed by atoms with van der Waals surface area (Å²) in [6.45, 7) is 2.11. The Hall–Kier alpha value is -0.960. The molecule has 94 valence electrons. The second kappa shape index (κ2) is 6.10. The van der Waals surface area contributed by atoms with Crippen molar-refractivity contribution in [3.63, 3.8) is 0 Å². The Balaban J connectivity index is 2.03. The summed E-state index contributed by atoms with van der Waals surface area (Å²) in [5, 5.41) is 3.33. The molecule has 1 aliphatic rings. The molecule has 3 heteroatoms. The topological polar surface area (TPSA) is 12.0 Å². The summed E-state index contributed by atoms with van der Waals surface area (Å²) in [6, 6.07) is 7.64. The Kier molecular flexibility index (Phi) is 4.49. The lowest BCUT2D eigenvalue weighted by Crippen LogP contribution is -2.28. The molecule has 0 radical (unpaired) electrons. The molecular formula is C14H19F2N. The molecule has 0 aliphatic carbocycles. The predicted octanol–water partition coefficient (Wildman–Crippen LogP) is 3.04. The number of piperidine rings is 1. The van der Waals surface area contributed by atoms with Crippen LogP contribution in [0.4, 0.5) is 8.78 Å². The highest BCUT2D eigenvalue weighted by molar-refractivity contribution is 5.28. The molecule has 1 aromatic rings. The molecule has 0 atom stereocenters. The van der Waals surface area contributed by atoms with Gasteiger partial charge in [0.05, 0.1) is 0 Å². The van der Waals surface area contributed by atoms with Crippen molar-refractivity contribution < 1.29 is 8.78 Å². The van der Waals surface area contributed by atoms with E-state index in [1.807, 2.05) is 24.3 Å². The molecule has 0 bridgehead atoms. The maximum absolute atomic E-state index is 12.5. The summed E-state index contributed by atoms with van der Waals surface area (Å²) in [5.74, 6) is 0.648. The minimum absolute atomic E-state index is 0.110. The lowest BCUT2D eigenvalue weighted by atomic mass is 9.88. The van der Waals surface area contributed by atoms with E-state index in [4.69, 9.17) is 0 Å². The number of nitrogens with one attached hydrogen (secondary N) is 1. The predicted molar refractivity (Wildman–Crippen MR) is 65.4 cm³/mol. The van der Waals surface area contributed by atoms with E-state index in [0.29, 0.717) is 5.92 Å². The monoisotopic (exact) mass is 239 g/mol. The molecule has 1 heterocycles. The number of alkyl halides is 2. The third-order valence-electron chi connectivity index (χ3n) is 3.46. The van der Waals surface area contributed by atoms with Crippen molar-refractivity contribution in [2.75, 3.05) is 13.1 Å². The number of benzene rings is 1. The van der Waals surface area contributed by atoms with Gasteiger partial charge in [-0.15, -0.1) is 0 Å². The Morgan fingerprint density at radius 3 is 2.41 bits per heavy atom. The molecule has 0 amide bonds. The highest BCUT2D eigenvalue weighted by Gasteiger charge is 2.16. The lowest BCUT2D eigenvalue weighted by molar-refractivity contribution is 0.148. The smallest absolute Gasteiger partial charge is 0.242 e. The third-order valence-corrected chi connectivity index (χ3v) is 3.46. The number of halogens is 2. The van der Waals surface area contributed by atoms with Crippen LogP contribution >= 0.6 is 0 Å². The van der Waals surface area contributed by atoms with E-state index in [1.54, 1.807) is 0 Å². The molecule has 1 N–H and O–H groups in total. The van der Waals surface area contributed by atoms with Gasteiger partial charge < -0.3 is 5.32 Å². The quantitative estimate of drug-likeness (QED) is 0.851. The second-order valence-corrected chi connectivity index (χ2v) is 4.76. The zero-order chi connectivity index (χ0) is 12.1. The number of hydrogen-bond acceptors (Lipinski definition) is 1. The fourth-order valence-electron chi connectivity index (χ4n) is 2.52. The number of hydrogen-bond donors (Lipinski definition) is 1. The SMILES string of the molecule is FC(F)Cc1ccccc1CC1CCNCC1. The Labute approximate surface area is 101 Å². The summed E-state index contributed by atoms with van der Waals surface area (Å²) >= 11 is 0. The minimum Gasteiger partial charge on any atom is -0.317 e. The van der Waals surface area contributed by atoms with E-state index in [2.05, 4.69) is 5.32 Å². The normalized spacial score (nSPS) is 17.6. The highest BCUT2D eigenvalue weighted by atomic mass is 19.3. The van der Waals surface area contributed by atoms with Crippen LogP contribution in [-0.2, 0) is 12.8 Å². The van der Waals surface area contributed by atoms with E-state index in [9.17, 15) is 8.78 Å². The molecule has 1 saturated heterocycles. The van der Waals surface area contributed by atoms with E-state index >= 15 is 0 Å². The van der Waals surface area contributed by atoms with Crippen molar-refractivity contribution >= 4 is 0 Å². The van der Waals surface area contributed by atoms with Crippen molar-refractivity contribution in [2.24, 2.45) is 5.92 Å². The van der Waals surface area contributed by atoms with Gasteiger partial charge in [0.1, 0.15) is 0 Å². The van der Waals surface area contributed by atoms with Gasteiger partial charge in [-0.3, -0.25) is 0 Å². The van der Waals surface area contributed by atoms with E-state index in [1.165, 1.54) is 0 Å². The van der Waals surface area contributed by atoms with Crippen LogP contribution in [0, 0.1) is 5.92 Å². The van der Waals surface area contributed by atoms with Gasteiger partial charge in [-0.1, -0.05) is 24.3 Å². The van der Waals surface area contributed by atoms with Crippen molar-refractivity contribution in [3.05, 3.63) is 35.4 Å². The molecule has 0 spiro atoms. The Morgan fingerprint density at radius 2 is 1.76 bits per heavy atom. The summed E-state index contributed by atoms with van der Waals surface area (Å²) < 4.78 is 24.9. The first-order valence-electron chi connectivity index (χ1n) is 6.31. The zero-order valence-electron chi connectivity index (χ0n) is 9.96. The maximum Gasteiger partial charge on any atom is 0.242 e. The van der Waals surface area contributed by atoms with Crippen LogP contribution in [0.3, 0.4) is 0 Å². The first-order chi connectivity index (χ1) is 8.25. The molecule has 0 unspecified atom stereocenters. The fraction of sp³-hybridized carbons (Fsp3) is 0.571. The molecule has 1 aliphatic heterocycles. The van der Waals surface area contributed by atoms with E-state index in [0.717, 1.165) is 43.5 Å². The largest absolute Gasteiger partial charge is 0.317 e. The summed E-state index contributed by atoms with van der Waals surface area (Å²) in [6.07, 6.45) is 0.904. The van der Waals surface area contributed by atoms with Crippen LogP contribution in [0.2, 0.25) is 0 Å². The van der Waals surface area contributed by atoms with Gasteiger partial charge in [-0.25, -0.2) is 8.78 Å². The lowest BCUT2D eigenvalue weighted by Gasteiger charge is -2.23. The molecule has 0 saturated carbocycles.